The SMILES string of the molecule is COC1CC[C@@H]2[C@@H]3C(=C(C)C)C[C@@]2(C)C(=O)[C@H]13. The van der Waals surface area contributed by atoms with Crippen LogP contribution in [0.3, 0.4) is 0 Å². The Hall–Kier alpha value is -0.630. The van der Waals surface area contributed by atoms with E-state index >= 15 is 0 Å². The molecule has 4 bridgehead atoms. The summed E-state index contributed by atoms with van der Waals surface area (Å²) in [6.45, 7) is 6.59. The Morgan fingerprint density at radius 2 is 2.00 bits per heavy atom. The molecule has 0 aliphatic heterocycles. The summed E-state index contributed by atoms with van der Waals surface area (Å²) in [4.78, 5) is 12.6. The highest BCUT2D eigenvalue weighted by Gasteiger charge is 2.67. The largest absolute Gasteiger partial charge is 0.381 e. The molecule has 0 heterocycles. The first kappa shape index (κ1) is 11.5. The minimum absolute atomic E-state index is 0.0742. The third-order valence-electron chi connectivity index (χ3n) is 5.57. The molecule has 0 amide bonds. The number of ketones is 1. The van der Waals surface area contributed by atoms with Gasteiger partial charge < -0.3 is 4.74 Å². The average molecular weight is 234 g/mol. The number of Topliss-reactive ketones (excluding diaryl/α,β-unsaturated/α-hetero) is 1. The summed E-state index contributed by atoms with van der Waals surface area (Å²) in [6.07, 6.45) is 3.41. The zero-order chi connectivity index (χ0) is 12.4. The Kier molecular flexibility index (Phi) is 2.32. The van der Waals surface area contributed by atoms with Gasteiger partial charge in [-0.3, -0.25) is 4.79 Å². The Labute approximate surface area is 103 Å². The van der Waals surface area contributed by atoms with Crippen LogP contribution >= 0.6 is 0 Å². The van der Waals surface area contributed by atoms with Crippen LogP contribution < -0.4 is 0 Å². The fraction of sp³-hybridized carbons (Fsp3) is 0.800. The topological polar surface area (TPSA) is 26.3 Å². The zero-order valence-electron chi connectivity index (χ0n) is 11.2. The van der Waals surface area contributed by atoms with Crippen LogP contribution in [0.5, 0.6) is 0 Å². The minimum Gasteiger partial charge on any atom is -0.381 e. The molecule has 0 spiro atoms. The Balaban J connectivity index is 2.10. The summed E-state index contributed by atoms with van der Waals surface area (Å²) < 4.78 is 5.57. The van der Waals surface area contributed by atoms with Crippen molar-refractivity contribution >= 4 is 5.78 Å². The monoisotopic (exact) mass is 234 g/mol. The van der Waals surface area contributed by atoms with Crippen LogP contribution in [0.15, 0.2) is 11.1 Å². The highest BCUT2D eigenvalue weighted by atomic mass is 16.5. The van der Waals surface area contributed by atoms with Crippen molar-refractivity contribution in [3.63, 3.8) is 0 Å². The van der Waals surface area contributed by atoms with Crippen LogP contribution in [-0.2, 0) is 9.53 Å². The van der Waals surface area contributed by atoms with Gasteiger partial charge >= 0.3 is 0 Å². The van der Waals surface area contributed by atoms with E-state index in [4.69, 9.17) is 4.74 Å². The predicted molar refractivity (Wildman–Crippen MR) is 66.6 cm³/mol. The van der Waals surface area contributed by atoms with Gasteiger partial charge in [0.1, 0.15) is 5.78 Å². The molecule has 3 aliphatic carbocycles. The highest BCUT2D eigenvalue weighted by molar-refractivity contribution is 5.93. The first-order chi connectivity index (χ1) is 8.00. The average Bonchev–Trinajstić information content (AvgIpc) is 2.68. The summed E-state index contributed by atoms with van der Waals surface area (Å²) in [7, 11) is 1.76. The molecular weight excluding hydrogens is 212 g/mol. The van der Waals surface area contributed by atoms with Crippen molar-refractivity contribution in [2.75, 3.05) is 7.11 Å². The number of carbonyl (C=O) groups excluding carboxylic acids is 1. The second-order valence-electron chi connectivity index (χ2n) is 6.49. The number of methoxy groups -OCH3 is 1. The van der Waals surface area contributed by atoms with Gasteiger partial charge in [0.15, 0.2) is 0 Å². The molecule has 5 atom stereocenters. The van der Waals surface area contributed by atoms with Crippen LogP contribution in [0.1, 0.15) is 40.0 Å². The van der Waals surface area contributed by atoms with Gasteiger partial charge in [0.25, 0.3) is 0 Å². The molecule has 0 aromatic carbocycles. The van der Waals surface area contributed by atoms with Crippen LogP contribution in [-0.4, -0.2) is 19.0 Å². The molecule has 0 saturated heterocycles. The Morgan fingerprint density at radius 3 is 2.59 bits per heavy atom. The molecule has 3 rings (SSSR count). The van der Waals surface area contributed by atoms with E-state index in [9.17, 15) is 4.79 Å². The number of ether oxygens (including phenoxy) is 1. The molecular formula is C15H22O2. The standard InChI is InChI=1S/C15H22O2/c1-8(2)9-7-15(3)10-5-6-11(17-4)13(12(9)10)14(15)16/h10-13H,5-7H2,1-4H3/t10-,11?,12+,13-,15-/m1/s1. The molecule has 0 aromatic heterocycles. The number of hydrogen-bond acceptors (Lipinski definition) is 2. The van der Waals surface area contributed by atoms with Gasteiger partial charge in [-0.2, -0.15) is 0 Å². The number of rotatable bonds is 1. The molecule has 3 aliphatic rings. The van der Waals surface area contributed by atoms with Crippen molar-refractivity contribution < 1.29 is 9.53 Å². The number of allylic oxidation sites excluding steroid dienone is 2. The molecule has 0 aromatic rings. The van der Waals surface area contributed by atoms with Crippen molar-refractivity contribution in [1.82, 2.24) is 0 Å². The summed E-state index contributed by atoms with van der Waals surface area (Å²) in [5.74, 6) is 1.73. The fourth-order valence-electron chi connectivity index (χ4n) is 4.76. The van der Waals surface area contributed by atoms with Gasteiger partial charge in [0.2, 0.25) is 0 Å². The van der Waals surface area contributed by atoms with E-state index in [0.717, 1.165) is 12.8 Å². The summed E-state index contributed by atoms with van der Waals surface area (Å²) in [5, 5.41) is 0. The molecule has 2 heteroatoms. The molecule has 0 N–H and O–H groups in total. The van der Waals surface area contributed by atoms with E-state index in [0.29, 0.717) is 17.6 Å². The Morgan fingerprint density at radius 1 is 1.29 bits per heavy atom. The lowest BCUT2D eigenvalue weighted by molar-refractivity contribution is -0.133. The van der Waals surface area contributed by atoms with Crippen LogP contribution in [0.2, 0.25) is 0 Å². The number of hydrogen-bond donors (Lipinski definition) is 0. The fourth-order valence-corrected chi connectivity index (χ4v) is 4.76. The van der Waals surface area contributed by atoms with Crippen LogP contribution in [0.25, 0.3) is 0 Å². The lowest BCUT2D eigenvalue weighted by Gasteiger charge is -2.34. The van der Waals surface area contributed by atoms with E-state index in [-0.39, 0.29) is 17.4 Å². The van der Waals surface area contributed by atoms with Crippen LogP contribution in [0, 0.1) is 23.2 Å². The quantitative estimate of drug-likeness (QED) is 0.652. The van der Waals surface area contributed by atoms with E-state index in [1.807, 2.05) is 0 Å². The lowest BCUT2D eigenvalue weighted by Crippen LogP contribution is -2.38. The van der Waals surface area contributed by atoms with E-state index < -0.39 is 0 Å². The molecule has 1 unspecified atom stereocenters. The zero-order valence-corrected chi connectivity index (χ0v) is 11.2. The second kappa shape index (κ2) is 3.44. The van der Waals surface area contributed by atoms with Crippen molar-refractivity contribution in [3.05, 3.63) is 11.1 Å². The van der Waals surface area contributed by atoms with Gasteiger partial charge in [-0.15, -0.1) is 0 Å². The highest BCUT2D eigenvalue weighted by Crippen LogP contribution is 2.66. The molecule has 17 heavy (non-hydrogen) atoms. The van der Waals surface area contributed by atoms with E-state index in [1.54, 1.807) is 12.7 Å². The van der Waals surface area contributed by atoms with Gasteiger partial charge in [0.05, 0.1) is 12.0 Å². The van der Waals surface area contributed by atoms with E-state index in [1.165, 1.54) is 12.0 Å². The second-order valence-corrected chi connectivity index (χ2v) is 6.49. The maximum Gasteiger partial charge on any atom is 0.145 e. The van der Waals surface area contributed by atoms with Gasteiger partial charge in [-0.05, 0) is 44.9 Å². The smallest absolute Gasteiger partial charge is 0.145 e. The van der Waals surface area contributed by atoms with E-state index in [2.05, 4.69) is 20.8 Å². The molecule has 3 fully saturated rings. The maximum atomic E-state index is 12.6. The van der Waals surface area contributed by atoms with Crippen molar-refractivity contribution in [1.29, 1.82) is 0 Å². The summed E-state index contributed by atoms with van der Waals surface area (Å²) in [6, 6.07) is 0. The summed E-state index contributed by atoms with van der Waals surface area (Å²) >= 11 is 0. The molecule has 94 valence electrons. The van der Waals surface area contributed by atoms with Crippen molar-refractivity contribution in [3.8, 4) is 0 Å². The minimum atomic E-state index is -0.0742. The normalized spacial score (nSPS) is 47.8. The van der Waals surface area contributed by atoms with Crippen molar-refractivity contribution in [2.24, 2.45) is 23.2 Å². The van der Waals surface area contributed by atoms with Gasteiger partial charge in [0, 0.05) is 12.5 Å². The predicted octanol–water partition coefficient (Wildman–Crippen LogP) is 2.97. The first-order valence-corrected chi connectivity index (χ1v) is 6.74. The first-order valence-electron chi connectivity index (χ1n) is 6.74. The van der Waals surface area contributed by atoms with Crippen molar-refractivity contribution in [2.45, 2.75) is 46.1 Å². The molecule has 2 nitrogen and oxygen atoms in total. The molecule has 0 radical (unpaired) electrons. The van der Waals surface area contributed by atoms with Gasteiger partial charge in [-0.25, -0.2) is 0 Å². The third-order valence-corrected chi connectivity index (χ3v) is 5.57. The third kappa shape index (κ3) is 1.22. The Bertz CT molecular complexity index is 405. The molecule has 3 saturated carbocycles. The number of carbonyl (C=O) groups is 1. The lowest BCUT2D eigenvalue weighted by atomic mass is 9.73. The van der Waals surface area contributed by atoms with Crippen LogP contribution in [0.4, 0.5) is 0 Å². The maximum absolute atomic E-state index is 12.6. The summed E-state index contributed by atoms with van der Waals surface area (Å²) in [5.41, 5.74) is 2.91. The van der Waals surface area contributed by atoms with Gasteiger partial charge in [-0.1, -0.05) is 18.1 Å².